The lowest BCUT2D eigenvalue weighted by atomic mass is 10.2. The van der Waals surface area contributed by atoms with Gasteiger partial charge in [-0.15, -0.1) is 12.4 Å². The molecule has 0 bridgehead atoms. The van der Waals surface area contributed by atoms with Gasteiger partial charge in [0, 0.05) is 6.04 Å². The third kappa shape index (κ3) is 2.78. The normalized spacial score (nSPS) is 33.6. The second-order valence-electron chi connectivity index (χ2n) is 2.52. The van der Waals surface area contributed by atoms with Crippen LogP contribution in [-0.2, 0) is 9.84 Å². The first-order chi connectivity index (χ1) is 4.04. The lowest BCUT2D eigenvalue weighted by molar-refractivity contribution is -0.00000462. The summed E-state index contributed by atoms with van der Waals surface area (Å²) in [6, 6.07) is -0.130. The molecule has 0 aromatic carbocycles. The van der Waals surface area contributed by atoms with Gasteiger partial charge in [-0.25, -0.2) is 8.42 Å². The smallest absolute Gasteiger partial charge is 1.00 e. The van der Waals surface area contributed by atoms with Crippen molar-refractivity contribution in [3.8, 4) is 0 Å². The van der Waals surface area contributed by atoms with Crippen molar-refractivity contribution in [2.45, 2.75) is 24.6 Å². The highest BCUT2D eigenvalue weighted by atomic mass is 35.5. The number of nitrogens with two attached hydrogens (primary N) is 1. The van der Waals surface area contributed by atoms with Crippen LogP contribution < -0.4 is 18.1 Å². The van der Waals surface area contributed by atoms with E-state index in [2.05, 4.69) is 0 Å². The molecule has 1 rings (SSSR count). The average molecular weight is 222 g/mol. The maximum absolute atomic E-state index is 10.9. The monoisotopic (exact) mass is 221 g/mol. The van der Waals surface area contributed by atoms with Crippen LogP contribution in [0.4, 0.5) is 0 Å². The summed E-state index contributed by atoms with van der Waals surface area (Å²) in [7, 11) is -2.80. The highest BCUT2D eigenvalue weighted by Gasteiger charge is 2.33. The third-order valence-electron chi connectivity index (χ3n) is 1.91. The Kier molecular flexibility index (Phi) is 5.74. The van der Waals surface area contributed by atoms with Gasteiger partial charge in [0.05, 0.1) is 11.0 Å². The van der Waals surface area contributed by atoms with Gasteiger partial charge in [0.2, 0.25) is 0 Å². The standard InChI is InChI=1S/C5H11NO2S.2ClH/c1-4-5(6)2-3-9(4,7)8;;/h4-5H,2-3,6H2,1H3;2*1H. The second kappa shape index (κ2) is 4.50. The fourth-order valence-corrected chi connectivity index (χ4v) is 2.63. The molecule has 70 valence electrons. The largest absolute Gasteiger partial charge is 1.00 e. The van der Waals surface area contributed by atoms with Crippen molar-refractivity contribution in [3.05, 3.63) is 0 Å². The van der Waals surface area contributed by atoms with Crippen molar-refractivity contribution in [1.82, 2.24) is 0 Å². The van der Waals surface area contributed by atoms with Gasteiger partial charge in [0.15, 0.2) is 9.84 Å². The molecule has 0 saturated carbocycles. The van der Waals surface area contributed by atoms with Crippen LogP contribution in [0.25, 0.3) is 0 Å². The number of rotatable bonds is 0. The Labute approximate surface area is 80.9 Å². The predicted octanol–water partition coefficient (Wildman–Crippen LogP) is -2.94. The molecule has 0 radical (unpaired) electrons. The summed E-state index contributed by atoms with van der Waals surface area (Å²) < 4.78 is 21.8. The first-order valence-electron chi connectivity index (χ1n) is 3.01. The third-order valence-corrected chi connectivity index (χ3v) is 4.19. The minimum Gasteiger partial charge on any atom is -1.00 e. The van der Waals surface area contributed by atoms with E-state index < -0.39 is 9.84 Å². The fraction of sp³-hybridized carbons (Fsp3) is 1.00. The molecule has 1 aliphatic rings. The lowest BCUT2D eigenvalue weighted by Crippen LogP contribution is -3.00. The molecule has 6 heteroatoms. The Bertz CT molecular complexity index is 209. The Balaban J connectivity index is -0.000000270. The van der Waals surface area contributed by atoms with E-state index in [1.807, 2.05) is 0 Å². The fourth-order valence-electron chi connectivity index (χ4n) is 0.987. The molecule has 1 fully saturated rings. The Hall–Kier alpha value is 0.490. The Morgan fingerprint density at radius 2 is 2.00 bits per heavy atom. The van der Waals surface area contributed by atoms with Gasteiger partial charge >= 0.3 is 1.43 Å². The van der Waals surface area contributed by atoms with Crippen molar-refractivity contribution >= 4 is 22.2 Å². The zero-order valence-corrected chi connectivity index (χ0v) is 8.55. The van der Waals surface area contributed by atoms with Crippen molar-refractivity contribution in [2.75, 3.05) is 5.75 Å². The first kappa shape index (κ1) is 14.0. The molecule has 1 saturated heterocycles. The maximum Gasteiger partial charge on any atom is 1.00 e. The van der Waals surface area contributed by atoms with Gasteiger partial charge in [-0.1, -0.05) is 0 Å². The predicted molar refractivity (Wildman–Crippen MR) is 44.2 cm³/mol. The van der Waals surface area contributed by atoms with E-state index in [1.54, 1.807) is 6.92 Å². The summed E-state index contributed by atoms with van der Waals surface area (Å²) in [5.41, 5.74) is 5.47. The molecule has 0 aromatic heterocycles. The molecule has 1 aliphatic heterocycles. The average Bonchev–Trinajstić information content (AvgIpc) is 1.97. The molecule has 0 aliphatic carbocycles. The second-order valence-corrected chi connectivity index (χ2v) is 5.00. The van der Waals surface area contributed by atoms with Crippen LogP contribution in [0, 0.1) is 0 Å². The summed E-state index contributed by atoms with van der Waals surface area (Å²) in [5.74, 6) is 0.273. The number of hydrogen-bond donors (Lipinski definition) is 1. The number of halogens is 2. The van der Waals surface area contributed by atoms with Crippen LogP contribution in [0.1, 0.15) is 14.8 Å². The van der Waals surface area contributed by atoms with E-state index in [1.165, 1.54) is 0 Å². The molecular formula is C5H13Cl2NO2S. The maximum atomic E-state index is 10.9. The van der Waals surface area contributed by atoms with Crippen LogP contribution in [0.15, 0.2) is 0 Å². The van der Waals surface area contributed by atoms with Crippen LogP contribution in [-0.4, -0.2) is 25.5 Å². The van der Waals surface area contributed by atoms with E-state index in [0.717, 1.165) is 0 Å². The molecule has 0 amide bonds. The quantitative estimate of drug-likeness (QED) is 0.477. The Morgan fingerprint density at radius 3 is 2.09 bits per heavy atom. The summed E-state index contributed by atoms with van der Waals surface area (Å²) in [5, 5.41) is -0.322. The summed E-state index contributed by atoms with van der Waals surface area (Å²) in [4.78, 5) is 0. The molecule has 2 N–H and O–H groups in total. The van der Waals surface area contributed by atoms with E-state index in [9.17, 15) is 8.42 Å². The van der Waals surface area contributed by atoms with Crippen LogP contribution in [0.5, 0.6) is 0 Å². The first-order valence-corrected chi connectivity index (χ1v) is 4.73. The SMILES string of the molecule is CC1C(N)CCS1(=O)=O.Cl.[Cl-].[H+]. The summed E-state index contributed by atoms with van der Waals surface area (Å²) in [6.45, 7) is 1.67. The van der Waals surface area contributed by atoms with Crippen LogP contribution >= 0.6 is 12.4 Å². The molecular weight excluding hydrogens is 209 g/mol. The van der Waals surface area contributed by atoms with Gasteiger partial charge < -0.3 is 18.1 Å². The topological polar surface area (TPSA) is 60.2 Å². The molecule has 1 heterocycles. The minimum absolute atomic E-state index is 0. The number of hydrogen-bond acceptors (Lipinski definition) is 3. The number of sulfone groups is 1. The Morgan fingerprint density at radius 1 is 1.55 bits per heavy atom. The van der Waals surface area contributed by atoms with Crippen molar-refractivity contribution in [1.29, 1.82) is 0 Å². The zero-order chi connectivity index (χ0) is 7.07. The minimum atomic E-state index is -2.80. The van der Waals surface area contributed by atoms with Crippen molar-refractivity contribution in [3.63, 3.8) is 0 Å². The van der Waals surface area contributed by atoms with Gasteiger partial charge in [0.1, 0.15) is 0 Å². The van der Waals surface area contributed by atoms with E-state index in [0.29, 0.717) is 6.42 Å². The summed E-state index contributed by atoms with van der Waals surface area (Å²) >= 11 is 0. The van der Waals surface area contributed by atoms with Crippen molar-refractivity contribution < 1.29 is 22.3 Å². The van der Waals surface area contributed by atoms with Crippen molar-refractivity contribution in [2.24, 2.45) is 5.73 Å². The van der Waals surface area contributed by atoms with Crippen LogP contribution in [0.3, 0.4) is 0 Å². The van der Waals surface area contributed by atoms with Gasteiger partial charge in [-0.3, -0.25) is 0 Å². The molecule has 0 aromatic rings. The van der Waals surface area contributed by atoms with E-state index in [4.69, 9.17) is 5.73 Å². The van der Waals surface area contributed by atoms with E-state index in [-0.39, 0.29) is 43.3 Å². The van der Waals surface area contributed by atoms with Gasteiger partial charge in [-0.2, -0.15) is 0 Å². The molecule has 3 nitrogen and oxygen atoms in total. The zero-order valence-electron chi connectivity index (χ0n) is 7.16. The van der Waals surface area contributed by atoms with E-state index >= 15 is 0 Å². The summed E-state index contributed by atoms with van der Waals surface area (Å²) in [6.07, 6.45) is 0.628. The van der Waals surface area contributed by atoms with Crippen LogP contribution in [0.2, 0.25) is 0 Å². The molecule has 2 unspecified atom stereocenters. The lowest BCUT2D eigenvalue weighted by Gasteiger charge is -2.05. The highest BCUT2D eigenvalue weighted by molar-refractivity contribution is 7.92. The molecule has 2 atom stereocenters. The molecule has 11 heavy (non-hydrogen) atoms. The molecule has 0 spiro atoms. The van der Waals surface area contributed by atoms with Gasteiger partial charge in [0.25, 0.3) is 0 Å². The highest BCUT2D eigenvalue weighted by Crippen LogP contribution is 2.17. The van der Waals surface area contributed by atoms with Gasteiger partial charge in [-0.05, 0) is 13.3 Å².